The first-order valence-corrected chi connectivity index (χ1v) is 6.54. The van der Waals surface area contributed by atoms with Crippen LogP contribution in [-0.4, -0.2) is 25.3 Å². The van der Waals surface area contributed by atoms with Crippen molar-refractivity contribution in [2.45, 2.75) is 70.4 Å². The van der Waals surface area contributed by atoms with Crippen LogP contribution < -0.4 is 5.32 Å². The maximum atomic E-state index is 5.89. The molecular formula is C13H27NO. The maximum Gasteiger partial charge on any atom is 0.0807 e. The van der Waals surface area contributed by atoms with E-state index in [1.807, 2.05) is 0 Å². The molecule has 2 unspecified atom stereocenters. The Morgan fingerprint density at radius 2 is 2.13 bits per heavy atom. The van der Waals surface area contributed by atoms with Crippen LogP contribution in [0.5, 0.6) is 0 Å². The van der Waals surface area contributed by atoms with E-state index in [-0.39, 0.29) is 5.60 Å². The van der Waals surface area contributed by atoms with Crippen LogP contribution in [0.2, 0.25) is 0 Å². The molecule has 1 aliphatic rings. The summed E-state index contributed by atoms with van der Waals surface area (Å²) >= 11 is 0. The maximum absolute atomic E-state index is 5.89. The predicted molar refractivity (Wildman–Crippen MR) is 65.2 cm³/mol. The highest BCUT2D eigenvalue weighted by molar-refractivity contribution is 4.91. The van der Waals surface area contributed by atoms with Crippen molar-refractivity contribution in [3.05, 3.63) is 0 Å². The molecule has 0 aromatic carbocycles. The van der Waals surface area contributed by atoms with Crippen molar-refractivity contribution >= 4 is 0 Å². The average molecular weight is 213 g/mol. The van der Waals surface area contributed by atoms with Crippen molar-refractivity contribution < 1.29 is 4.74 Å². The molecule has 1 saturated heterocycles. The zero-order chi connectivity index (χ0) is 11.1. The van der Waals surface area contributed by atoms with Gasteiger partial charge in [-0.25, -0.2) is 0 Å². The van der Waals surface area contributed by atoms with Gasteiger partial charge in [0.05, 0.1) is 5.60 Å². The lowest BCUT2D eigenvalue weighted by Crippen LogP contribution is -2.46. The summed E-state index contributed by atoms with van der Waals surface area (Å²) < 4.78 is 5.89. The molecule has 0 amide bonds. The third-order valence-electron chi connectivity index (χ3n) is 3.68. The van der Waals surface area contributed by atoms with Crippen molar-refractivity contribution in [2.24, 2.45) is 0 Å². The molecule has 0 aromatic rings. The fourth-order valence-electron chi connectivity index (χ4n) is 2.61. The van der Waals surface area contributed by atoms with Crippen molar-refractivity contribution in [3.63, 3.8) is 0 Å². The minimum atomic E-state index is 0.0982. The van der Waals surface area contributed by atoms with E-state index in [1.165, 1.54) is 44.9 Å². The Morgan fingerprint density at radius 1 is 1.33 bits per heavy atom. The van der Waals surface area contributed by atoms with Gasteiger partial charge < -0.3 is 10.1 Å². The van der Waals surface area contributed by atoms with Crippen molar-refractivity contribution in [3.8, 4) is 0 Å². The van der Waals surface area contributed by atoms with Gasteiger partial charge in [0.2, 0.25) is 0 Å². The van der Waals surface area contributed by atoms with Crippen LogP contribution in [0, 0.1) is 0 Å². The average Bonchev–Trinajstić information content (AvgIpc) is 2.66. The van der Waals surface area contributed by atoms with Crippen LogP contribution in [-0.2, 0) is 4.74 Å². The molecule has 1 heterocycles. The third-order valence-corrected chi connectivity index (χ3v) is 3.68. The van der Waals surface area contributed by atoms with E-state index in [0.29, 0.717) is 6.04 Å². The van der Waals surface area contributed by atoms with E-state index >= 15 is 0 Å². The molecule has 1 fully saturated rings. The largest absolute Gasteiger partial charge is 0.374 e. The van der Waals surface area contributed by atoms with Gasteiger partial charge in [0.1, 0.15) is 0 Å². The molecule has 2 atom stereocenters. The summed E-state index contributed by atoms with van der Waals surface area (Å²) in [5.74, 6) is 0. The summed E-state index contributed by atoms with van der Waals surface area (Å²) in [5.41, 5.74) is 0.0982. The fraction of sp³-hybridized carbons (Fsp3) is 1.00. The van der Waals surface area contributed by atoms with Crippen LogP contribution in [0.4, 0.5) is 0 Å². The molecule has 1 rings (SSSR count). The van der Waals surface area contributed by atoms with Crippen molar-refractivity contribution in [2.75, 3.05) is 13.7 Å². The van der Waals surface area contributed by atoms with E-state index in [4.69, 9.17) is 4.74 Å². The predicted octanol–water partition coefficient (Wildman–Crippen LogP) is 3.11. The molecule has 15 heavy (non-hydrogen) atoms. The first kappa shape index (κ1) is 13.0. The third kappa shape index (κ3) is 3.76. The lowest BCUT2D eigenvalue weighted by molar-refractivity contribution is -0.0124. The Morgan fingerprint density at radius 3 is 2.67 bits per heavy atom. The molecule has 1 N–H and O–H groups in total. The quantitative estimate of drug-likeness (QED) is 0.656. The van der Waals surface area contributed by atoms with Crippen molar-refractivity contribution in [1.82, 2.24) is 5.32 Å². The van der Waals surface area contributed by atoms with E-state index in [2.05, 4.69) is 26.2 Å². The molecule has 1 aliphatic heterocycles. The minimum Gasteiger partial charge on any atom is -0.374 e. The SMILES string of the molecule is CCCCCCC(NC)C1(C)CCCO1. The minimum absolute atomic E-state index is 0.0982. The molecule has 0 saturated carbocycles. The Kier molecular flexibility index (Phi) is 5.62. The molecule has 0 bridgehead atoms. The summed E-state index contributed by atoms with van der Waals surface area (Å²) in [6, 6.07) is 0.539. The molecule has 0 aliphatic carbocycles. The summed E-state index contributed by atoms with van der Waals surface area (Å²) in [6.45, 7) is 5.47. The van der Waals surface area contributed by atoms with Crippen LogP contribution in [0.1, 0.15) is 58.8 Å². The van der Waals surface area contributed by atoms with Gasteiger partial charge in [-0.3, -0.25) is 0 Å². The highest BCUT2D eigenvalue weighted by atomic mass is 16.5. The number of likely N-dealkylation sites (N-methyl/N-ethyl adjacent to an activating group) is 1. The molecule has 2 heteroatoms. The lowest BCUT2D eigenvalue weighted by Gasteiger charge is -2.33. The first-order valence-electron chi connectivity index (χ1n) is 6.54. The standard InChI is InChI=1S/C13H27NO/c1-4-5-6-7-9-12(14-3)13(2)10-8-11-15-13/h12,14H,4-11H2,1-3H3. The van der Waals surface area contributed by atoms with Gasteiger partial charge in [0.25, 0.3) is 0 Å². The smallest absolute Gasteiger partial charge is 0.0807 e. The van der Waals surface area contributed by atoms with Gasteiger partial charge in [0, 0.05) is 12.6 Å². The Balaban J connectivity index is 2.28. The topological polar surface area (TPSA) is 21.3 Å². The molecule has 0 radical (unpaired) electrons. The normalized spacial score (nSPS) is 28.2. The van der Waals surface area contributed by atoms with E-state index in [9.17, 15) is 0 Å². The molecule has 90 valence electrons. The van der Waals surface area contributed by atoms with Gasteiger partial charge in [-0.05, 0) is 33.2 Å². The second-order valence-corrected chi connectivity index (χ2v) is 4.96. The van der Waals surface area contributed by atoms with Crippen LogP contribution in [0.15, 0.2) is 0 Å². The van der Waals surface area contributed by atoms with Gasteiger partial charge in [-0.2, -0.15) is 0 Å². The van der Waals surface area contributed by atoms with Crippen molar-refractivity contribution in [1.29, 1.82) is 0 Å². The number of ether oxygens (including phenoxy) is 1. The number of unbranched alkanes of at least 4 members (excludes halogenated alkanes) is 3. The number of hydrogen-bond acceptors (Lipinski definition) is 2. The van der Waals surface area contributed by atoms with Gasteiger partial charge in [-0.1, -0.05) is 32.6 Å². The van der Waals surface area contributed by atoms with E-state index in [0.717, 1.165) is 6.61 Å². The van der Waals surface area contributed by atoms with E-state index < -0.39 is 0 Å². The zero-order valence-corrected chi connectivity index (χ0v) is 10.6. The second kappa shape index (κ2) is 6.49. The molecular weight excluding hydrogens is 186 g/mol. The zero-order valence-electron chi connectivity index (χ0n) is 10.6. The first-order chi connectivity index (χ1) is 7.23. The summed E-state index contributed by atoms with van der Waals surface area (Å²) in [6.07, 6.45) is 9.08. The van der Waals surface area contributed by atoms with Crippen LogP contribution in [0.25, 0.3) is 0 Å². The van der Waals surface area contributed by atoms with Gasteiger partial charge in [0.15, 0.2) is 0 Å². The number of hydrogen-bond donors (Lipinski definition) is 1. The van der Waals surface area contributed by atoms with Gasteiger partial charge in [-0.15, -0.1) is 0 Å². The molecule has 0 spiro atoms. The molecule has 0 aromatic heterocycles. The summed E-state index contributed by atoms with van der Waals surface area (Å²) in [4.78, 5) is 0. The summed E-state index contributed by atoms with van der Waals surface area (Å²) in [5, 5.41) is 3.44. The fourth-order valence-corrected chi connectivity index (χ4v) is 2.61. The number of rotatable bonds is 7. The Bertz CT molecular complexity index is 164. The highest BCUT2D eigenvalue weighted by Gasteiger charge is 2.36. The van der Waals surface area contributed by atoms with E-state index in [1.54, 1.807) is 0 Å². The number of nitrogens with one attached hydrogen (secondary N) is 1. The van der Waals surface area contributed by atoms with Crippen LogP contribution in [0.3, 0.4) is 0 Å². The highest BCUT2D eigenvalue weighted by Crippen LogP contribution is 2.30. The second-order valence-electron chi connectivity index (χ2n) is 4.96. The van der Waals surface area contributed by atoms with Gasteiger partial charge >= 0.3 is 0 Å². The lowest BCUT2D eigenvalue weighted by atomic mass is 9.89. The Labute approximate surface area is 94.8 Å². The molecule has 2 nitrogen and oxygen atoms in total. The monoisotopic (exact) mass is 213 g/mol. The Hall–Kier alpha value is -0.0800. The van der Waals surface area contributed by atoms with Crippen LogP contribution >= 0.6 is 0 Å². The summed E-state index contributed by atoms with van der Waals surface area (Å²) in [7, 11) is 2.07.